The van der Waals surface area contributed by atoms with E-state index in [-0.39, 0.29) is 31.3 Å². The van der Waals surface area contributed by atoms with Crippen molar-refractivity contribution < 1.29 is 37.3 Å². The Bertz CT molecular complexity index is 1550. The predicted molar refractivity (Wildman–Crippen MR) is 293 cm³/mol. The number of phosphoric acid groups is 1. The molecule has 0 aromatic heterocycles. The zero-order chi connectivity index (χ0) is 50.8. The van der Waals surface area contributed by atoms with Gasteiger partial charge in [0.15, 0.2) is 0 Å². The molecular weight excluding hydrogens is 880 g/mol. The summed E-state index contributed by atoms with van der Waals surface area (Å²) < 4.78 is 30.1. The fourth-order valence-corrected chi connectivity index (χ4v) is 7.81. The maximum atomic E-state index is 13.4. The summed E-state index contributed by atoms with van der Waals surface area (Å²) in [5.74, 6) is -0.644. The first kappa shape index (κ1) is 65.7. The van der Waals surface area contributed by atoms with Crippen LogP contribution >= 0.6 is 7.82 Å². The lowest BCUT2D eigenvalue weighted by Gasteiger charge is -2.30. The van der Waals surface area contributed by atoms with Crippen molar-refractivity contribution >= 4 is 19.7 Å². The Balaban J connectivity index is 5.55. The molecule has 0 radical (unpaired) electrons. The van der Waals surface area contributed by atoms with Gasteiger partial charge in [0.25, 0.3) is 7.82 Å². The topological polar surface area (TPSA) is 114 Å². The van der Waals surface area contributed by atoms with Gasteiger partial charge in [0.1, 0.15) is 19.3 Å². The second kappa shape index (κ2) is 48.3. The molecule has 10 heteroatoms. The number of nitrogens with zero attached hydrogens (tertiary/aromatic N) is 1. The van der Waals surface area contributed by atoms with E-state index in [1.54, 1.807) is 6.08 Å². The number of allylic oxidation sites excluding steroid dienone is 17. The van der Waals surface area contributed by atoms with Crippen LogP contribution in [0, 0.1) is 0 Å². The molecule has 0 saturated carbocycles. The van der Waals surface area contributed by atoms with Crippen molar-refractivity contribution in [1.29, 1.82) is 0 Å². The Morgan fingerprint density at radius 2 is 1.01 bits per heavy atom. The van der Waals surface area contributed by atoms with Crippen LogP contribution < -0.4 is 10.2 Å². The molecule has 0 spiro atoms. The van der Waals surface area contributed by atoms with Crippen LogP contribution in [-0.4, -0.2) is 69.4 Å². The first-order valence-corrected chi connectivity index (χ1v) is 28.7. The summed E-state index contributed by atoms with van der Waals surface area (Å²) in [6, 6.07) is -0.932. The number of rotatable bonds is 47. The van der Waals surface area contributed by atoms with Gasteiger partial charge in [0, 0.05) is 12.8 Å². The van der Waals surface area contributed by atoms with Crippen molar-refractivity contribution in [3.05, 3.63) is 109 Å². The molecule has 0 bridgehead atoms. The third-order valence-electron chi connectivity index (χ3n) is 11.3. The number of quaternary nitrogens is 1. The van der Waals surface area contributed by atoms with Crippen LogP contribution in [0.15, 0.2) is 109 Å². The summed E-state index contributed by atoms with van der Waals surface area (Å²) >= 11 is 0. The van der Waals surface area contributed by atoms with E-state index in [2.05, 4.69) is 117 Å². The average Bonchev–Trinajstić information content (AvgIpc) is 3.31. The van der Waals surface area contributed by atoms with Crippen molar-refractivity contribution in [1.82, 2.24) is 5.32 Å². The lowest BCUT2D eigenvalue weighted by Crippen LogP contribution is -2.47. The zero-order valence-electron chi connectivity index (χ0n) is 44.7. The zero-order valence-corrected chi connectivity index (χ0v) is 45.6. The lowest BCUT2D eigenvalue weighted by molar-refractivity contribution is -0.870. The monoisotopic (exact) mass is 981 g/mol. The Hall–Kier alpha value is -3.33. The van der Waals surface area contributed by atoms with E-state index in [0.29, 0.717) is 23.9 Å². The van der Waals surface area contributed by atoms with E-state index in [1.807, 2.05) is 33.3 Å². The normalized spacial score (nSPS) is 14.7. The molecule has 0 rings (SSSR count). The van der Waals surface area contributed by atoms with Crippen molar-refractivity contribution in [2.75, 3.05) is 40.9 Å². The number of nitrogens with one attached hydrogen (secondary N) is 1. The molecule has 1 amide bonds. The third kappa shape index (κ3) is 49.4. The minimum absolute atomic E-state index is 0.0423. The Morgan fingerprint density at radius 3 is 1.57 bits per heavy atom. The van der Waals surface area contributed by atoms with Crippen LogP contribution in [0.4, 0.5) is 0 Å². The largest absolute Gasteiger partial charge is 0.756 e. The maximum absolute atomic E-state index is 13.4. The fraction of sp³-hybridized carbons (Fsp3) is 0.661. The molecule has 1 N–H and O–H groups in total. The number of unbranched alkanes of at least 4 members (excludes halogenated alkanes) is 17. The van der Waals surface area contributed by atoms with E-state index in [4.69, 9.17) is 13.8 Å². The van der Waals surface area contributed by atoms with E-state index in [0.717, 1.165) is 96.3 Å². The van der Waals surface area contributed by atoms with Crippen LogP contribution in [0.3, 0.4) is 0 Å². The molecule has 394 valence electrons. The maximum Gasteiger partial charge on any atom is 0.306 e. The van der Waals surface area contributed by atoms with Gasteiger partial charge in [-0.15, -0.1) is 0 Å². The van der Waals surface area contributed by atoms with Crippen LogP contribution in [0.1, 0.15) is 201 Å². The Kier molecular flexibility index (Phi) is 46.0. The average molecular weight is 981 g/mol. The molecule has 0 heterocycles. The minimum atomic E-state index is -4.72. The molecule has 0 aliphatic rings. The van der Waals surface area contributed by atoms with Crippen LogP contribution in [-0.2, 0) is 27.9 Å². The number of phosphoric ester groups is 1. The number of amides is 1. The number of hydrogen-bond donors (Lipinski definition) is 1. The Labute approximate surface area is 423 Å². The Morgan fingerprint density at radius 1 is 0.536 bits per heavy atom. The number of carbonyl (C=O) groups excluding carboxylic acids is 2. The second-order valence-electron chi connectivity index (χ2n) is 19.0. The first-order valence-electron chi connectivity index (χ1n) is 27.2. The second-order valence-corrected chi connectivity index (χ2v) is 20.4. The summed E-state index contributed by atoms with van der Waals surface area (Å²) in [6.07, 6.45) is 64.9. The highest BCUT2D eigenvalue weighted by atomic mass is 31.2. The number of likely N-dealkylation sites (N-methyl/N-ethyl adjacent to an activating group) is 1. The quantitative estimate of drug-likeness (QED) is 0.0161. The molecule has 3 atom stereocenters. The summed E-state index contributed by atoms with van der Waals surface area (Å²) in [4.78, 5) is 39.7. The van der Waals surface area contributed by atoms with E-state index < -0.39 is 26.6 Å². The van der Waals surface area contributed by atoms with Crippen molar-refractivity contribution in [2.45, 2.75) is 213 Å². The van der Waals surface area contributed by atoms with Gasteiger partial charge in [-0.05, 0) is 89.5 Å². The van der Waals surface area contributed by atoms with Crippen LogP contribution in [0.2, 0.25) is 0 Å². The third-order valence-corrected chi connectivity index (χ3v) is 12.2. The van der Waals surface area contributed by atoms with Gasteiger partial charge >= 0.3 is 5.97 Å². The van der Waals surface area contributed by atoms with Crippen LogP contribution in [0.25, 0.3) is 0 Å². The van der Waals surface area contributed by atoms with E-state index in [9.17, 15) is 19.0 Å². The van der Waals surface area contributed by atoms with E-state index in [1.165, 1.54) is 57.8 Å². The van der Waals surface area contributed by atoms with Gasteiger partial charge in [-0.25, -0.2) is 0 Å². The summed E-state index contributed by atoms with van der Waals surface area (Å²) in [6.45, 7) is 6.50. The van der Waals surface area contributed by atoms with Crippen molar-refractivity contribution in [3.63, 3.8) is 0 Å². The molecule has 0 fully saturated rings. The van der Waals surface area contributed by atoms with Gasteiger partial charge in [0.05, 0.1) is 33.8 Å². The number of esters is 1. The summed E-state index contributed by atoms with van der Waals surface area (Å²) in [5, 5.41) is 2.97. The van der Waals surface area contributed by atoms with Gasteiger partial charge < -0.3 is 28.5 Å². The molecule has 0 aliphatic heterocycles. The minimum Gasteiger partial charge on any atom is -0.756 e. The van der Waals surface area contributed by atoms with E-state index >= 15 is 0 Å². The highest BCUT2D eigenvalue weighted by Gasteiger charge is 2.27. The number of carbonyl (C=O) groups is 2. The van der Waals surface area contributed by atoms with Gasteiger partial charge in [0.2, 0.25) is 5.91 Å². The fourth-order valence-electron chi connectivity index (χ4n) is 7.08. The molecular formula is C59H101N2O7P. The van der Waals surface area contributed by atoms with Gasteiger partial charge in [-0.3, -0.25) is 14.2 Å². The molecule has 0 aromatic carbocycles. The number of hydrogen-bond acceptors (Lipinski definition) is 7. The molecule has 0 aromatic rings. The molecule has 0 aliphatic carbocycles. The van der Waals surface area contributed by atoms with Gasteiger partial charge in [-0.2, -0.15) is 0 Å². The highest BCUT2D eigenvalue weighted by molar-refractivity contribution is 7.45. The molecule has 9 nitrogen and oxygen atoms in total. The standard InChI is InChI=1S/C59H101N2O7P/c1-7-10-13-16-19-22-25-28-29-30-31-34-36-39-42-45-48-51-58(62)60-56(55-67-69(64,65)66-54-53-61(4,5)6)57(50-47-44-41-38-35-32-26-23-20-17-14-11-8-2)68-59(63)52-49-46-43-40-37-33-27-24-21-18-15-12-9-3/h10,12-13,15,18-19,21-22,24,27-29,31,34,39,42,47,50,56-57H,7-9,11,14,16-17,20,23,25-26,30,32-33,35-38,40-41,43-46,48-49,51-55H2,1-6H3,(H-,60,62,64,65)/b13-10-,15-12+,21-18+,22-19-,27-24-,29-28-,34-31-,42-39-,50-47-. The van der Waals surface area contributed by atoms with Gasteiger partial charge in [-0.1, -0.05) is 208 Å². The smallest absolute Gasteiger partial charge is 0.306 e. The van der Waals surface area contributed by atoms with Crippen LogP contribution in [0.5, 0.6) is 0 Å². The number of ether oxygens (including phenoxy) is 1. The lowest BCUT2D eigenvalue weighted by atomic mass is 10.0. The molecule has 69 heavy (non-hydrogen) atoms. The molecule has 0 saturated heterocycles. The summed E-state index contributed by atoms with van der Waals surface area (Å²) in [7, 11) is 1.12. The van der Waals surface area contributed by atoms with Crippen molar-refractivity contribution in [3.8, 4) is 0 Å². The molecule has 3 unspecified atom stereocenters. The highest BCUT2D eigenvalue weighted by Crippen LogP contribution is 2.38. The first-order chi connectivity index (χ1) is 33.4. The predicted octanol–water partition coefficient (Wildman–Crippen LogP) is 15.6. The van der Waals surface area contributed by atoms with Crippen molar-refractivity contribution in [2.24, 2.45) is 0 Å². The SMILES string of the molecule is CC/C=C\C/C=C\C/C=C\C/C=C\C/C=C\CCCC(=O)NC(COP(=O)([O-])OCC[N+](C)(C)C)C(/C=C\CCCCCCCCCCCCC)OC(=O)CCCCCCC\C=C/C=C/C=C/CC. The summed E-state index contributed by atoms with van der Waals surface area (Å²) in [5.41, 5.74) is 0.